The summed E-state index contributed by atoms with van der Waals surface area (Å²) in [6, 6.07) is 13.3. The number of benzene rings is 2. The summed E-state index contributed by atoms with van der Waals surface area (Å²) in [6.07, 6.45) is 2.81. The maximum absolute atomic E-state index is 12.3. The molecule has 0 aliphatic rings. The van der Waals surface area contributed by atoms with E-state index in [2.05, 4.69) is 17.0 Å². The van der Waals surface area contributed by atoms with Crippen molar-refractivity contribution in [2.75, 3.05) is 13.7 Å². The van der Waals surface area contributed by atoms with E-state index in [0.29, 0.717) is 24.4 Å². The van der Waals surface area contributed by atoms with Crippen molar-refractivity contribution in [3.8, 4) is 5.75 Å². The smallest absolute Gasteiger partial charge is 0.251 e. The molecular weight excluding hydrogens is 364 g/mol. The molecule has 2 aromatic carbocycles. The van der Waals surface area contributed by atoms with Crippen LogP contribution in [0.2, 0.25) is 0 Å². The second-order valence-corrected chi connectivity index (χ2v) is 7.89. The van der Waals surface area contributed by atoms with Crippen LogP contribution in [0.15, 0.2) is 53.4 Å². The summed E-state index contributed by atoms with van der Waals surface area (Å²) in [5, 5.41) is 2.81. The van der Waals surface area contributed by atoms with Gasteiger partial charge in [0, 0.05) is 24.2 Å². The standard InChI is InChI=1S/C20H26N2O4S/c1-3-4-7-14-22-27(24,25)18-12-10-16(11-13-18)20(23)21-15-17-8-5-6-9-19(17)26-2/h5-6,8-13,22H,3-4,7,14-15H2,1-2H3,(H,21,23). The van der Waals surface area contributed by atoms with E-state index in [-0.39, 0.29) is 10.8 Å². The van der Waals surface area contributed by atoms with Gasteiger partial charge in [0.25, 0.3) is 5.91 Å². The van der Waals surface area contributed by atoms with E-state index in [9.17, 15) is 13.2 Å². The molecule has 0 heterocycles. The minimum absolute atomic E-state index is 0.153. The van der Waals surface area contributed by atoms with Gasteiger partial charge in [-0.05, 0) is 36.8 Å². The maximum Gasteiger partial charge on any atom is 0.251 e. The zero-order valence-corrected chi connectivity index (χ0v) is 16.5. The van der Waals surface area contributed by atoms with Gasteiger partial charge in [-0.25, -0.2) is 13.1 Å². The van der Waals surface area contributed by atoms with E-state index >= 15 is 0 Å². The number of para-hydroxylation sites is 1. The summed E-state index contributed by atoms with van der Waals surface area (Å²) in [5.41, 5.74) is 1.26. The van der Waals surface area contributed by atoms with Crippen LogP contribution in [0, 0.1) is 0 Å². The van der Waals surface area contributed by atoms with E-state index in [1.54, 1.807) is 7.11 Å². The number of carbonyl (C=O) groups is 1. The highest BCUT2D eigenvalue weighted by Gasteiger charge is 2.14. The van der Waals surface area contributed by atoms with Gasteiger partial charge in [0.15, 0.2) is 0 Å². The van der Waals surface area contributed by atoms with Gasteiger partial charge >= 0.3 is 0 Å². The average Bonchev–Trinajstić information content (AvgIpc) is 2.69. The average molecular weight is 391 g/mol. The number of unbranched alkanes of at least 4 members (excludes halogenated alkanes) is 2. The van der Waals surface area contributed by atoms with Crippen LogP contribution in [0.5, 0.6) is 5.75 Å². The van der Waals surface area contributed by atoms with Gasteiger partial charge in [-0.2, -0.15) is 0 Å². The Bertz CT molecular complexity index is 849. The van der Waals surface area contributed by atoms with Gasteiger partial charge in [0.05, 0.1) is 12.0 Å². The fourth-order valence-corrected chi connectivity index (χ4v) is 3.65. The third-order valence-corrected chi connectivity index (χ3v) is 5.61. The topological polar surface area (TPSA) is 84.5 Å². The number of methoxy groups -OCH3 is 1. The molecule has 1 amide bonds. The normalized spacial score (nSPS) is 11.2. The molecule has 0 aliphatic heterocycles. The molecule has 6 nitrogen and oxygen atoms in total. The second-order valence-electron chi connectivity index (χ2n) is 6.12. The van der Waals surface area contributed by atoms with Gasteiger partial charge in [-0.3, -0.25) is 4.79 Å². The molecule has 0 radical (unpaired) electrons. The number of amides is 1. The maximum atomic E-state index is 12.3. The van der Waals surface area contributed by atoms with Gasteiger partial charge in [-0.15, -0.1) is 0 Å². The Labute approximate surface area is 161 Å². The summed E-state index contributed by atoms with van der Waals surface area (Å²) in [6.45, 7) is 2.80. The zero-order valence-electron chi connectivity index (χ0n) is 15.7. The van der Waals surface area contributed by atoms with Gasteiger partial charge in [0.1, 0.15) is 5.75 Å². The molecule has 0 unspecified atom stereocenters. The lowest BCUT2D eigenvalue weighted by Gasteiger charge is -2.10. The third kappa shape index (κ3) is 6.08. The van der Waals surface area contributed by atoms with Crippen molar-refractivity contribution in [1.82, 2.24) is 10.0 Å². The minimum Gasteiger partial charge on any atom is -0.496 e. The molecule has 27 heavy (non-hydrogen) atoms. The fraction of sp³-hybridized carbons (Fsp3) is 0.350. The number of nitrogens with one attached hydrogen (secondary N) is 2. The quantitative estimate of drug-likeness (QED) is 0.611. The van der Waals surface area contributed by atoms with Crippen molar-refractivity contribution in [3.05, 3.63) is 59.7 Å². The first kappa shape index (κ1) is 20.9. The Balaban J connectivity index is 1.96. The molecule has 0 atom stereocenters. The van der Waals surface area contributed by atoms with Crippen LogP contribution < -0.4 is 14.8 Å². The molecule has 7 heteroatoms. The van der Waals surface area contributed by atoms with Gasteiger partial charge in [-0.1, -0.05) is 38.0 Å². The summed E-state index contributed by atoms with van der Waals surface area (Å²) >= 11 is 0. The first-order chi connectivity index (χ1) is 13.0. The van der Waals surface area contributed by atoms with Crippen LogP contribution in [0.1, 0.15) is 42.1 Å². The molecule has 0 saturated heterocycles. The van der Waals surface area contributed by atoms with E-state index in [1.807, 2.05) is 24.3 Å². The van der Waals surface area contributed by atoms with Crippen molar-refractivity contribution >= 4 is 15.9 Å². The molecule has 0 aromatic heterocycles. The third-order valence-electron chi connectivity index (χ3n) is 4.13. The zero-order chi connectivity index (χ0) is 19.7. The molecule has 2 rings (SSSR count). The van der Waals surface area contributed by atoms with Crippen molar-refractivity contribution < 1.29 is 17.9 Å². The number of hydrogen-bond donors (Lipinski definition) is 2. The number of ether oxygens (including phenoxy) is 1. The van der Waals surface area contributed by atoms with Crippen molar-refractivity contribution in [3.63, 3.8) is 0 Å². The lowest BCUT2D eigenvalue weighted by Crippen LogP contribution is -2.25. The first-order valence-corrected chi connectivity index (χ1v) is 10.5. The Hall–Kier alpha value is -2.38. The van der Waals surface area contributed by atoms with Gasteiger partial charge < -0.3 is 10.1 Å². The Morgan fingerprint density at radius 2 is 1.74 bits per heavy atom. The van der Waals surface area contributed by atoms with Crippen LogP contribution >= 0.6 is 0 Å². The predicted molar refractivity (Wildman–Crippen MR) is 105 cm³/mol. The van der Waals surface area contributed by atoms with E-state index < -0.39 is 10.0 Å². The molecule has 2 N–H and O–H groups in total. The van der Waals surface area contributed by atoms with Crippen LogP contribution in [0.25, 0.3) is 0 Å². The number of carbonyl (C=O) groups excluding carboxylic acids is 1. The summed E-state index contributed by atoms with van der Waals surface area (Å²) in [7, 11) is -1.97. The lowest BCUT2D eigenvalue weighted by atomic mass is 10.2. The van der Waals surface area contributed by atoms with Crippen LogP contribution in [-0.2, 0) is 16.6 Å². The molecule has 146 valence electrons. The van der Waals surface area contributed by atoms with Crippen LogP contribution in [-0.4, -0.2) is 28.0 Å². The highest BCUT2D eigenvalue weighted by atomic mass is 32.2. The van der Waals surface area contributed by atoms with Crippen molar-refractivity contribution in [2.45, 2.75) is 37.6 Å². The predicted octanol–water partition coefficient (Wildman–Crippen LogP) is 3.09. The van der Waals surface area contributed by atoms with Crippen molar-refractivity contribution in [1.29, 1.82) is 0 Å². The molecule has 0 aliphatic carbocycles. The summed E-state index contributed by atoms with van der Waals surface area (Å²) in [4.78, 5) is 12.5. The number of hydrogen-bond acceptors (Lipinski definition) is 4. The molecule has 2 aromatic rings. The molecule has 0 fully saturated rings. The Morgan fingerprint density at radius 1 is 1.04 bits per heavy atom. The van der Waals surface area contributed by atoms with E-state index in [0.717, 1.165) is 24.8 Å². The molecule has 0 spiro atoms. The van der Waals surface area contributed by atoms with Crippen molar-refractivity contribution in [2.24, 2.45) is 0 Å². The summed E-state index contributed by atoms with van der Waals surface area (Å²) in [5.74, 6) is 0.425. The lowest BCUT2D eigenvalue weighted by molar-refractivity contribution is 0.0950. The van der Waals surface area contributed by atoms with Crippen LogP contribution in [0.3, 0.4) is 0 Å². The second kappa shape index (κ2) is 10.1. The molecular formula is C20H26N2O4S. The monoisotopic (exact) mass is 390 g/mol. The fourth-order valence-electron chi connectivity index (χ4n) is 2.58. The van der Waals surface area contributed by atoms with Gasteiger partial charge in [0.2, 0.25) is 10.0 Å². The largest absolute Gasteiger partial charge is 0.496 e. The highest BCUT2D eigenvalue weighted by molar-refractivity contribution is 7.89. The molecule has 0 saturated carbocycles. The van der Waals surface area contributed by atoms with Crippen LogP contribution in [0.4, 0.5) is 0 Å². The Morgan fingerprint density at radius 3 is 2.41 bits per heavy atom. The SMILES string of the molecule is CCCCCNS(=O)(=O)c1ccc(C(=O)NCc2ccccc2OC)cc1. The minimum atomic E-state index is -3.55. The summed E-state index contributed by atoms with van der Waals surface area (Å²) < 4.78 is 32.3. The first-order valence-electron chi connectivity index (χ1n) is 8.97. The number of rotatable bonds is 10. The highest BCUT2D eigenvalue weighted by Crippen LogP contribution is 2.17. The van der Waals surface area contributed by atoms with E-state index in [4.69, 9.17) is 4.74 Å². The Kier molecular flexibility index (Phi) is 7.82. The molecule has 0 bridgehead atoms. The number of sulfonamides is 1. The van der Waals surface area contributed by atoms with E-state index in [1.165, 1.54) is 24.3 Å².